The van der Waals surface area contributed by atoms with E-state index in [2.05, 4.69) is 9.44 Å². The van der Waals surface area contributed by atoms with Crippen LogP contribution in [0.3, 0.4) is 0 Å². The fourth-order valence-electron chi connectivity index (χ4n) is 5.14. The van der Waals surface area contributed by atoms with Crippen LogP contribution in [-0.2, 0) is 59.2 Å². The highest BCUT2D eigenvalue weighted by molar-refractivity contribution is 7.93. The first-order valence-corrected chi connectivity index (χ1v) is 22.7. The first-order chi connectivity index (χ1) is 24.9. The number of fused-ring (bicyclic) bond motifs is 1. The van der Waals surface area contributed by atoms with Crippen molar-refractivity contribution in [3.63, 3.8) is 0 Å². The first-order valence-electron chi connectivity index (χ1n) is 16.0. The zero-order valence-corrected chi connectivity index (χ0v) is 33.4. The molecule has 0 radical (unpaired) electrons. The van der Waals surface area contributed by atoms with Crippen LogP contribution in [0.1, 0.15) is 27.7 Å². The number of carbonyl (C=O) groups excluding carboxylic acids is 2. The van der Waals surface area contributed by atoms with Crippen LogP contribution in [-0.4, -0.2) is 83.4 Å². The molecular formula is C34H40N4O12S4. The molecule has 2 N–H and O–H groups in total. The molecule has 0 aliphatic heterocycles. The average molecular weight is 825 g/mol. The Kier molecular flexibility index (Phi) is 12.3. The summed E-state index contributed by atoms with van der Waals surface area (Å²) in [6, 6.07) is 18.5. The lowest BCUT2D eigenvalue weighted by Crippen LogP contribution is -2.39. The number of nitrogens with zero attached hydrogens (tertiary/aromatic N) is 2. The smallest absolute Gasteiger partial charge is 0.327 e. The van der Waals surface area contributed by atoms with Crippen molar-refractivity contribution in [2.45, 2.75) is 43.1 Å². The third-order valence-corrected chi connectivity index (χ3v) is 12.2. The number of ether oxygens (including phenoxy) is 2. The van der Waals surface area contributed by atoms with Crippen molar-refractivity contribution in [3.8, 4) is 0 Å². The maximum absolute atomic E-state index is 14.2. The largest absolute Gasteiger partial charge is 0.465 e. The molecule has 16 nitrogen and oxygen atoms in total. The van der Waals surface area contributed by atoms with Gasteiger partial charge >= 0.3 is 11.9 Å². The van der Waals surface area contributed by atoms with E-state index >= 15 is 0 Å². The van der Waals surface area contributed by atoms with Crippen LogP contribution in [0.2, 0.25) is 0 Å². The number of benzene rings is 4. The van der Waals surface area contributed by atoms with E-state index in [9.17, 15) is 43.3 Å². The summed E-state index contributed by atoms with van der Waals surface area (Å²) >= 11 is 0. The van der Waals surface area contributed by atoms with Crippen LogP contribution in [0.5, 0.6) is 0 Å². The Bertz CT molecular complexity index is 2480. The fraction of sp³-hybridized carbons (Fsp3) is 0.294. The highest BCUT2D eigenvalue weighted by Crippen LogP contribution is 2.36. The van der Waals surface area contributed by atoms with Gasteiger partial charge in [0, 0.05) is 16.5 Å². The lowest BCUT2D eigenvalue weighted by atomic mass is 10.1. The Hall–Kier alpha value is -4.92. The molecule has 54 heavy (non-hydrogen) atoms. The number of nitrogens with one attached hydrogen (secondary N) is 2. The van der Waals surface area contributed by atoms with Gasteiger partial charge in [-0.2, -0.15) is 0 Å². The molecule has 0 spiro atoms. The van der Waals surface area contributed by atoms with Gasteiger partial charge in [-0.3, -0.25) is 27.6 Å². The van der Waals surface area contributed by atoms with Crippen LogP contribution < -0.4 is 18.1 Å². The van der Waals surface area contributed by atoms with E-state index in [4.69, 9.17) is 9.47 Å². The minimum absolute atomic E-state index is 0.00423. The van der Waals surface area contributed by atoms with E-state index < -0.39 is 70.7 Å². The summed E-state index contributed by atoms with van der Waals surface area (Å²) in [6.07, 6.45) is 1.83. The molecule has 0 aliphatic carbocycles. The molecule has 4 rings (SSSR count). The van der Waals surface area contributed by atoms with Gasteiger partial charge in [0.1, 0.15) is 18.7 Å². The molecule has 0 amide bonds. The Labute approximate surface area is 315 Å². The molecule has 292 valence electrons. The molecular weight excluding hydrogens is 785 g/mol. The minimum atomic E-state index is -4.54. The number of rotatable bonds is 15. The zero-order valence-electron chi connectivity index (χ0n) is 30.1. The maximum atomic E-state index is 14.2. The Morgan fingerprint density at radius 2 is 1.22 bits per heavy atom. The quantitative estimate of drug-likeness (QED) is 0.163. The SMILES string of the molecule is CCOC(=O)CN(c1ccc(S(=O)(=O)Nc2ccc(N(CC(=O)OC(C)(C)C)S(=O)(=O)c3ccc(NS(C)(=O)=O)cc3)c3ccccc23)cc1)S(C)(=O)=O. The van der Waals surface area contributed by atoms with Gasteiger partial charge in [0.05, 0.1) is 46.0 Å². The molecule has 4 aromatic rings. The Balaban J connectivity index is 1.75. The van der Waals surface area contributed by atoms with E-state index in [-0.39, 0.29) is 49.9 Å². The van der Waals surface area contributed by atoms with Gasteiger partial charge in [-0.15, -0.1) is 0 Å². The molecule has 0 atom stereocenters. The Morgan fingerprint density at radius 3 is 1.76 bits per heavy atom. The number of esters is 2. The number of hydrogen-bond donors (Lipinski definition) is 2. The van der Waals surface area contributed by atoms with Crippen molar-refractivity contribution in [2.24, 2.45) is 0 Å². The van der Waals surface area contributed by atoms with Crippen LogP contribution in [0.4, 0.5) is 22.7 Å². The summed E-state index contributed by atoms with van der Waals surface area (Å²) in [7, 11) is -16.5. The number of carbonyl (C=O) groups is 2. The van der Waals surface area contributed by atoms with Gasteiger partial charge < -0.3 is 9.47 Å². The number of hydrogen-bond acceptors (Lipinski definition) is 12. The number of anilines is 4. The average Bonchev–Trinajstić information content (AvgIpc) is 3.05. The second kappa shape index (κ2) is 15.8. The topological polar surface area (TPSA) is 220 Å². The normalized spacial score (nSPS) is 12.5. The second-order valence-corrected chi connectivity index (χ2v) is 20.0. The highest BCUT2D eigenvalue weighted by Gasteiger charge is 2.31. The van der Waals surface area contributed by atoms with Gasteiger partial charge in [0.25, 0.3) is 20.0 Å². The van der Waals surface area contributed by atoms with Crippen LogP contribution >= 0.6 is 0 Å². The summed E-state index contributed by atoms with van der Waals surface area (Å²) in [5.41, 5.74) is -0.783. The third-order valence-electron chi connectivity index (χ3n) is 7.27. The van der Waals surface area contributed by atoms with Gasteiger partial charge in [-0.25, -0.2) is 33.7 Å². The van der Waals surface area contributed by atoms with Crippen molar-refractivity contribution in [1.29, 1.82) is 0 Å². The Morgan fingerprint density at radius 1 is 0.667 bits per heavy atom. The highest BCUT2D eigenvalue weighted by atomic mass is 32.2. The molecule has 0 heterocycles. The van der Waals surface area contributed by atoms with Crippen molar-refractivity contribution >= 4 is 85.6 Å². The predicted molar refractivity (Wildman–Crippen MR) is 205 cm³/mol. The summed E-state index contributed by atoms with van der Waals surface area (Å²) in [5, 5.41) is 0.489. The van der Waals surface area contributed by atoms with Gasteiger partial charge in [-0.1, -0.05) is 24.3 Å². The monoisotopic (exact) mass is 824 g/mol. The van der Waals surface area contributed by atoms with Crippen molar-refractivity contribution < 1.29 is 52.7 Å². The minimum Gasteiger partial charge on any atom is -0.465 e. The van der Waals surface area contributed by atoms with E-state index in [0.29, 0.717) is 0 Å². The van der Waals surface area contributed by atoms with E-state index in [1.54, 1.807) is 45.9 Å². The summed E-state index contributed by atoms with van der Waals surface area (Å²) in [6.45, 7) is 5.06. The molecule has 0 saturated heterocycles. The summed E-state index contributed by atoms with van der Waals surface area (Å²) in [4.78, 5) is 24.6. The third kappa shape index (κ3) is 10.6. The van der Waals surface area contributed by atoms with Gasteiger partial charge in [0.2, 0.25) is 20.0 Å². The van der Waals surface area contributed by atoms with Crippen LogP contribution in [0.25, 0.3) is 10.8 Å². The second-order valence-electron chi connectivity index (χ2n) is 12.8. The molecule has 20 heteroatoms. The molecule has 0 saturated carbocycles. The summed E-state index contributed by atoms with van der Waals surface area (Å²) < 4.78 is 120. The molecule has 0 aromatic heterocycles. The van der Waals surface area contributed by atoms with Gasteiger partial charge in [-0.05, 0) is 88.4 Å². The van der Waals surface area contributed by atoms with Crippen molar-refractivity contribution in [1.82, 2.24) is 0 Å². The van der Waals surface area contributed by atoms with E-state index in [1.807, 2.05) is 0 Å². The van der Waals surface area contributed by atoms with Crippen LogP contribution in [0.15, 0.2) is 94.7 Å². The fourth-order valence-corrected chi connectivity index (χ4v) is 9.05. The molecule has 0 unspecified atom stereocenters. The molecule has 0 fully saturated rings. The first kappa shape index (κ1) is 41.8. The maximum Gasteiger partial charge on any atom is 0.327 e. The summed E-state index contributed by atoms with van der Waals surface area (Å²) in [5.74, 6) is -1.68. The van der Waals surface area contributed by atoms with Crippen molar-refractivity contribution in [3.05, 3.63) is 84.9 Å². The predicted octanol–water partition coefficient (Wildman–Crippen LogP) is 3.88. The standard InChI is InChI=1S/C34H40N4O12S4/c1-7-49-32(39)22-37(52(6,43)44)25-14-18-26(19-15-25)53(45,46)36-30-20-21-31(29-11-9-8-10-28(29)30)38(23-33(40)50-34(2,3)4)54(47,48)27-16-12-24(13-17-27)35-51(5,41)42/h8-21,35-36H,7,22-23H2,1-6H3. The molecule has 0 bridgehead atoms. The molecule has 0 aliphatic rings. The van der Waals surface area contributed by atoms with E-state index in [1.165, 1.54) is 54.6 Å². The van der Waals surface area contributed by atoms with E-state index in [0.717, 1.165) is 33.3 Å². The van der Waals surface area contributed by atoms with Crippen LogP contribution in [0, 0.1) is 0 Å². The lowest BCUT2D eigenvalue weighted by molar-refractivity contribution is -0.152. The number of sulfonamides is 4. The molecule has 4 aromatic carbocycles. The van der Waals surface area contributed by atoms with Crippen molar-refractivity contribution in [2.75, 3.05) is 50.3 Å². The zero-order chi connectivity index (χ0) is 40.3. The van der Waals surface area contributed by atoms with Gasteiger partial charge in [0.15, 0.2) is 0 Å². The lowest BCUT2D eigenvalue weighted by Gasteiger charge is -2.28.